The summed E-state index contributed by atoms with van der Waals surface area (Å²) in [6, 6.07) is 8.05. The van der Waals surface area contributed by atoms with Gasteiger partial charge < -0.3 is 14.7 Å². The zero-order valence-corrected chi connectivity index (χ0v) is 16.8. The van der Waals surface area contributed by atoms with Crippen LogP contribution in [0.3, 0.4) is 0 Å². The highest BCUT2D eigenvalue weighted by Gasteiger charge is 2.21. The molecule has 0 spiro atoms. The number of hydrogen-bond acceptors (Lipinski definition) is 5. The summed E-state index contributed by atoms with van der Waals surface area (Å²) in [5, 5.41) is 7.55. The van der Waals surface area contributed by atoms with E-state index in [4.69, 9.17) is 4.52 Å². The van der Waals surface area contributed by atoms with Crippen LogP contribution >= 0.6 is 0 Å². The quantitative estimate of drug-likeness (QED) is 0.699. The van der Waals surface area contributed by atoms with Crippen molar-refractivity contribution in [1.82, 2.24) is 20.4 Å². The molecule has 0 saturated carbocycles. The lowest BCUT2D eigenvalue weighted by Gasteiger charge is -2.25. The molecule has 0 radical (unpaired) electrons. The van der Waals surface area contributed by atoms with Crippen molar-refractivity contribution in [3.63, 3.8) is 0 Å². The topological polar surface area (TPSA) is 71.3 Å². The van der Waals surface area contributed by atoms with E-state index in [1.165, 1.54) is 12.1 Å². The predicted molar refractivity (Wildman–Crippen MR) is 106 cm³/mol. The van der Waals surface area contributed by atoms with E-state index in [0.29, 0.717) is 28.9 Å². The zero-order chi connectivity index (χ0) is 20.4. The average molecular weight is 384 g/mol. The molecular weight excluding hydrogens is 359 g/mol. The third-order valence-corrected chi connectivity index (χ3v) is 4.79. The van der Waals surface area contributed by atoms with Gasteiger partial charge in [-0.2, -0.15) is 0 Å². The summed E-state index contributed by atoms with van der Waals surface area (Å²) in [5.41, 5.74) is 3.04. The summed E-state index contributed by atoms with van der Waals surface area (Å²) in [6.07, 6.45) is 0. The van der Waals surface area contributed by atoms with E-state index in [9.17, 15) is 9.18 Å². The Hall–Kier alpha value is -2.80. The molecular formula is C21H25FN4O2. The van der Waals surface area contributed by atoms with Gasteiger partial charge in [-0.1, -0.05) is 31.1 Å². The van der Waals surface area contributed by atoms with Gasteiger partial charge in [-0.3, -0.25) is 4.79 Å². The van der Waals surface area contributed by atoms with Gasteiger partial charge in [0.05, 0.1) is 22.7 Å². The van der Waals surface area contributed by atoms with E-state index in [2.05, 4.69) is 15.5 Å². The number of aryl methyl sites for hydroxylation is 1. The molecule has 1 N–H and O–H groups in total. The Bertz CT molecular complexity index is 997. The molecule has 1 aromatic carbocycles. The van der Waals surface area contributed by atoms with Crippen molar-refractivity contribution in [2.45, 2.75) is 32.7 Å². The van der Waals surface area contributed by atoms with Gasteiger partial charge in [0.15, 0.2) is 0 Å². The fraction of sp³-hybridized carbons (Fsp3) is 0.381. The standard InChI is InChI=1S/C21H25FN4O2/c1-12(2)17-10-16(19-13(3)25-28-21(19)24-17)20(27)23-11-18(26(4)5)14-7-6-8-15(22)9-14/h6-10,12,18H,11H2,1-5H3,(H,23,27). The third-order valence-electron chi connectivity index (χ3n) is 4.79. The second-order valence-electron chi connectivity index (χ2n) is 7.44. The molecule has 2 heterocycles. The van der Waals surface area contributed by atoms with Gasteiger partial charge in [0.25, 0.3) is 11.6 Å². The van der Waals surface area contributed by atoms with Crippen molar-refractivity contribution in [2.75, 3.05) is 20.6 Å². The van der Waals surface area contributed by atoms with Crippen molar-refractivity contribution >= 4 is 17.0 Å². The highest BCUT2D eigenvalue weighted by Crippen LogP contribution is 2.25. The van der Waals surface area contributed by atoms with Gasteiger partial charge in [-0.05, 0) is 50.7 Å². The maximum atomic E-state index is 13.6. The number of carbonyl (C=O) groups is 1. The van der Waals surface area contributed by atoms with Crippen LogP contribution in [0.25, 0.3) is 11.1 Å². The fourth-order valence-corrected chi connectivity index (χ4v) is 3.19. The zero-order valence-electron chi connectivity index (χ0n) is 16.8. The molecule has 0 aliphatic heterocycles. The Morgan fingerprint density at radius 3 is 2.68 bits per heavy atom. The Balaban J connectivity index is 1.89. The van der Waals surface area contributed by atoms with Gasteiger partial charge in [0.2, 0.25) is 0 Å². The number of rotatable bonds is 6. The second kappa shape index (κ2) is 8.06. The van der Waals surface area contributed by atoms with Gasteiger partial charge >= 0.3 is 0 Å². The molecule has 7 heteroatoms. The summed E-state index contributed by atoms with van der Waals surface area (Å²) in [5.74, 6) is -0.389. The maximum absolute atomic E-state index is 13.6. The molecule has 1 atom stereocenters. The summed E-state index contributed by atoms with van der Waals surface area (Å²) in [6.45, 7) is 6.13. The number of carbonyl (C=O) groups excluding carboxylic acids is 1. The molecule has 0 fully saturated rings. The first-order valence-corrected chi connectivity index (χ1v) is 9.25. The van der Waals surface area contributed by atoms with Crippen molar-refractivity contribution in [3.05, 3.63) is 58.7 Å². The number of benzene rings is 1. The first kappa shape index (κ1) is 19.9. The highest BCUT2D eigenvalue weighted by molar-refractivity contribution is 6.06. The van der Waals surface area contributed by atoms with Gasteiger partial charge in [-0.25, -0.2) is 9.37 Å². The van der Waals surface area contributed by atoms with Gasteiger partial charge in [0, 0.05) is 12.2 Å². The lowest BCUT2D eigenvalue weighted by Crippen LogP contribution is -2.34. The third kappa shape index (κ3) is 4.04. The molecule has 0 bridgehead atoms. The average Bonchev–Trinajstić information content (AvgIpc) is 3.02. The van der Waals surface area contributed by atoms with E-state index in [-0.39, 0.29) is 23.7 Å². The Labute approximate surface area is 163 Å². The van der Waals surface area contributed by atoms with Crippen molar-refractivity contribution in [2.24, 2.45) is 0 Å². The number of fused-ring (bicyclic) bond motifs is 1. The van der Waals surface area contributed by atoms with Crippen molar-refractivity contribution < 1.29 is 13.7 Å². The lowest BCUT2D eigenvalue weighted by atomic mass is 10.0. The van der Waals surface area contributed by atoms with E-state index in [1.807, 2.05) is 38.9 Å². The Kier molecular flexibility index (Phi) is 5.74. The second-order valence-corrected chi connectivity index (χ2v) is 7.44. The summed E-state index contributed by atoms with van der Waals surface area (Å²) < 4.78 is 18.9. The van der Waals surface area contributed by atoms with E-state index >= 15 is 0 Å². The SMILES string of the molecule is Cc1noc2nc(C(C)C)cc(C(=O)NCC(c3cccc(F)c3)N(C)C)c12. The molecule has 6 nitrogen and oxygen atoms in total. The Morgan fingerprint density at radius 1 is 1.29 bits per heavy atom. The monoisotopic (exact) mass is 384 g/mol. The number of nitrogens with zero attached hydrogens (tertiary/aromatic N) is 3. The predicted octanol–water partition coefficient (Wildman–Crippen LogP) is 3.83. The number of hydrogen-bond donors (Lipinski definition) is 1. The molecule has 3 aromatic rings. The largest absolute Gasteiger partial charge is 0.350 e. The number of aromatic nitrogens is 2. The molecule has 3 rings (SSSR count). The van der Waals surface area contributed by atoms with Crippen LogP contribution in [0.2, 0.25) is 0 Å². The number of halogens is 1. The molecule has 148 valence electrons. The number of likely N-dealkylation sites (N-methyl/N-ethyl adjacent to an activating group) is 1. The van der Waals surface area contributed by atoms with Crippen LogP contribution in [0, 0.1) is 12.7 Å². The first-order chi connectivity index (χ1) is 13.3. The highest BCUT2D eigenvalue weighted by atomic mass is 19.1. The maximum Gasteiger partial charge on any atom is 0.259 e. The van der Waals surface area contributed by atoms with E-state index < -0.39 is 0 Å². The smallest absolute Gasteiger partial charge is 0.259 e. The summed E-state index contributed by atoms with van der Waals surface area (Å²) in [7, 11) is 3.79. The van der Waals surface area contributed by atoms with Gasteiger partial charge in [0.1, 0.15) is 5.82 Å². The minimum Gasteiger partial charge on any atom is -0.350 e. The normalized spacial score (nSPS) is 12.7. The number of amides is 1. The van der Waals surface area contributed by atoms with Gasteiger partial charge in [-0.15, -0.1) is 0 Å². The first-order valence-electron chi connectivity index (χ1n) is 9.25. The molecule has 28 heavy (non-hydrogen) atoms. The minimum atomic E-state index is -0.298. The molecule has 1 amide bonds. The van der Waals surface area contributed by atoms with Crippen LogP contribution in [-0.4, -0.2) is 41.6 Å². The lowest BCUT2D eigenvalue weighted by molar-refractivity contribution is 0.0943. The molecule has 0 saturated heterocycles. The molecule has 1 unspecified atom stereocenters. The summed E-state index contributed by atoms with van der Waals surface area (Å²) >= 11 is 0. The van der Waals surface area contributed by atoms with Crippen LogP contribution in [0.1, 0.15) is 53.1 Å². The Morgan fingerprint density at radius 2 is 2.04 bits per heavy atom. The molecule has 0 aliphatic rings. The van der Waals surface area contributed by atoms with Crippen LogP contribution in [-0.2, 0) is 0 Å². The van der Waals surface area contributed by atoms with Crippen LogP contribution in [0.4, 0.5) is 4.39 Å². The summed E-state index contributed by atoms with van der Waals surface area (Å²) in [4.78, 5) is 19.4. The molecule has 2 aromatic heterocycles. The fourth-order valence-electron chi connectivity index (χ4n) is 3.19. The number of pyridine rings is 1. The van der Waals surface area contributed by atoms with Crippen molar-refractivity contribution in [3.8, 4) is 0 Å². The minimum absolute atomic E-state index is 0.142. The van der Waals surface area contributed by atoms with Crippen LogP contribution in [0.15, 0.2) is 34.9 Å². The van der Waals surface area contributed by atoms with E-state index in [1.54, 1.807) is 19.1 Å². The van der Waals surface area contributed by atoms with Crippen LogP contribution in [0.5, 0.6) is 0 Å². The van der Waals surface area contributed by atoms with Crippen LogP contribution < -0.4 is 5.32 Å². The number of nitrogens with one attached hydrogen (secondary N) is 1. The van der Waals surface area contributed by atoms with E-state index in [0.717, 1.165) is 11.3 Å². The van der Waals surface area contributed by atoms with Crippen molar-refractivity contribution in [1.29, 1.82) is 0 Å². The molecule has 0 aliphatic carbocycles.